The van der Waals surface area contributed by atoms with Gasteiger partial charge in [0.15, 0.2) is 5.76 Å². The van der Waals surface area contributed by atoms with E-state index in [9.17, 15) is 4.79 Å². The van der Waals surface area contributed by atoms with Gasteiger partial charge in [0.2, 0.25) is 0 Å². The van der Waals surface area contributed by atoms with Crippen molar-refractivity contribution in [1.82, 2.24) is 10.2 Å². The fourth-order valence-corrected chi connectivity index (χ4v) is 4.06. The Morgan fingerprint density at radius 3 is 3.14 bits per heavy atom. The molecule has 3 heterocycles. The van der Waals surface area contributed by atoms with Crippen molar-refractivity contribution in [2.75, 3.05) is 19.6 Å². The Balaban J connectivity index is 1.67. The van der Waals surface area contributed by atoms with Crippen LogP contribution in [0.15, 0.2) is 33.2 Å². The molecular weight excluding hydrogens is 332 g/mol. The molecule has 21 heavy (non-hydrogen) atoms. The molecule has 4 rings (SSSR count). The first-order valence-corrected chi connectivity index (χ1v) is 8.23. The molecule has 1 aromatic carbocycles. The standard InChI is InChI=1S/C16H17BrN2O2/c17-12-5-1-3-10-7-14(21-15(10)12)16(20)19-6-2-4-11-8-18-9-13(11)19/h1,3,5,7,11,13,18H,2,4,6,8-9H2. The number of carbonyl (C=O) groups excluding carboxylic acids is 1. The van der Waals surface area contributed by atoms with E-state index in [1.54, 1.807) is 0 Å². The van der Waals surface area contributed by atoms with Gasteiger partial charge < -0.3 is 14.6 Å². The van der Waals surface area contributed by atoms with Gasteiger partial charge in [0, 0.05) is 31.1 Å². The van der Waals surface area contributed by atoms with Crippen LogP contribution >= 0.6 is 15.9 Å². The highest BCUT2D eigenvalue weighted by molar-refractivity contribution is 9.10. The summed E-state index contributed by atoms with van der Waals surface area (Å²) in [5.41, 5.74) is 0.749. The maximum atomic E-state index is 12.8. The summed E-state index contributed by atoms with van der Waals surface area (Å²) in [6.45, 7) is 2.76. The Hall–Kier alpha value is -1.33. The summed E-state index contributed by atoms with van der Waals surface area (Å²) in [5.74, 6) is 1.07. The quantitative estimate of drug-likeness (QED) is 0.861. The van der Waals surface area contributed by atoms with Crippen molar-refractivity contribution in [2.24, 2.45) is 5.92 Å². The molecule has 2 aliphatic heterocycles. The number of nitrogens with one attached hydrogen (secondary N) is 1. The number of piperidine rings is 1. The minimum atomic E-state index is 0.0245. The van der Waals surface area contributed by atoms with E-state index >= 15 is 0 Å². The Bertz CT molecular complexity index is 697. The van der Waals surface area contributed by atoms with Crippen LogP contribution in [0, 0.1) is 5.92 Å². The molecule has 1 aromatic heterocycles. The van der Waals surface area contributed by atoms with E-state index in [0.29, 0.717) is 17.7 Å². The van der Waals surface area contributed by atoms with E-state index in [4.69, 9.17) is 4.42 Å². The molecule has 2 atom stereocenters. The number of nitrogens with zero attached hydrogens (tertiary/aromatic N) is 1. The monoisotopic (exact) mass is 348 g/mol. The van der Waals surface area contributed by atoms with Crippen LogP contribution in [-0.4, -0.2) is 36.5 Å². The number of hydrogen-bond donors (Lipinski definition) is 1. The van der Waals surface area contributed by atoms with E-state index in [-0.39, 0.29) is 5.91 Å². The van der Waals surface area contributed by atoms with Crippen LogP contribution in [0.2, 0.25) is 0 Å². The molecule has 4 nitrogen and oxygen atoms in total. The van der Waals surface area contributed by atoms with E-state index in [2.05, 4.69) is 21.2 Å². The van der Waals surface area contributed by atoms with Gasteiger partial charge in [0.05, 0.1) is 4.47 Å². The van der Waals surface area contributed by atoms with Crippen molar-refractivity contribution in [2.45, 2.75) is 18.9 Å². The number of para-hydroxylation sites is 1. The third-order valence-corrected chi connectivity index (χ3v) is 5.27. The van der Waals surface area contributed by atoms with Crippen molar-refractivity contribution >= 4 is 32.8 Å². The highest BCUT2D eigenvalue weighted by atomic mass is 79.9. The van der Waals surface area contributed by atoms with Gasteiger partial charge in [0.25, 0.3) is 5.91 Å². The zero-order valence-corrected chi connectivity index (χ0v) is 13.2. The topological polar surface area (TPSA) is 45.5 Å². The lowest BCUT2D eigenvalue weighted by molar-refractivity contribution is 0.0545. The summed E-state index contributed by atoms with van der Waals surface area (Å²) in [5, 5.41) is 4.37. The number of likely N-dealkylation sites (tertiary alicyclic amines) is 1. The van der Waals surface area contributed by atoms with E-state index in [1.807, 2.05) is 29.2 Å². The average Bonchev–Trinajstić information content (AvgIpc) is 3.13. The molecule has 1 amide bonds. The van der Waals surface area contributed by atoms with Gasteiger partial charge in [-0.1, -0.05) is 12.1 Å². The summed E-state index contributed by atoms with van der Waals surface area (Å²) in [6.07, 6.45) is 2.30. The van der Waals surface area contributed by atoms with Crippen molar-refractivity contribution in [3.63, 3.8) is 0 Å². The van der Waals surface area contributed by atoms with Gasteiger partial charge >= 0.3 is 0 Å². The highest BCUT2D eigenvalue weighted by Crippen LogP contribution is 2.31. The van der Waals surface area contributed by atoms with Crippen LogP contribution in [0.1, 0.15) is 23.4 Å². The Morgan fingerprint density at radius 2 is 2.29 bits per heavy atom. The lowest BCUT2D eigenvalue weighted by atomic mass is 9.92. The molecule has 2 fully saturated rings. The van der Waals surface area contributed by atoms with Crippen molar-refractivity contribution in [1.29, 1.82) is 0 Å². The molecule has 0 bridgehead atoms. The Kier molecular flexibility index (Phi) is 3.27. The number of hydrogen-bond acceptors (Lipinski definition) is 3. The number of amides is 1. The first-order chi connectivity index (χ1) is 10.2. The van der Waals surface area contributed by atoms with Gasteiger partial charge in [-0.2, -0.15) is 0 Å². The summed E-state index contributed by atoms with van der Waals surface area (Å²) in [6, 6.07) is 8.03. The van der Waals surface area contributed by atoms with Crippen molar-refractivity contribution in [3.8, 4) is 0 Å². The first kappa shape index (κ1) is 13.3. The molecular formula is C16H17BrN2O2. The van der Waals surface area contributed by atoms with Gasteiger partial charge in [0.1, 0.15) is 5.58 Å². The van der Waals surface area contributed by atoms with Crippen molar-refractivity contribution in [3.05, 3.63) is 34.5 Å². The smallest absolute Gasteiger partial charge is 0.289 e. The SMILES string of the molecule is O=C(c1cc2cccc(Br)c2o1)N1CCCC2CNCC21. The molecule has 2 saturated heterocycles. The van der Waals surface area contributed by atoms with Crippen LogP contribution in [-0.2, 0) is 0 Å². The number of furan rings is 1. The van der Waals surface area contributed by atoms with Crippen LogP contribution < -0.4 is 5.32 Å². The van der Waals surface area contributed by atoms with Gasteiger partial charge in [-0.25, -0.2) is 0 Å². The largest absolute Gasteiger partial charge is 0.450 e. The third kappa shape index (κ3) is 2.19. The number of fused-ring (bicyclic) bond motifs is 2. The molecule has 2 aliphatic rings. The first-order valence-electron chi connectivity index (χ1n) is 7.44. The summed E-state index contributed by atoms with van der Waals surface area (Å²) < 4.78 is 6.69. The molecule has 110 valence electrons. The maximum Gasteiger partial charge on any atom is 0.289 e. The van der Waals surface area contributed by atoms with E-state index < -0.39 is 0 Å². The van der Waals surface area contributed by atoms with Crippen LogP contribution in [0.4, 0.5) is 0 Å². The maximum absolute atomic E-state index is 12.8. The lowest BCUT2D eigenvalue weighted by Crippen LogP contribution is -2.48. The molecule has 0 spiro atoms. The van der Waals surface area contributed by atoms with Crippen LogP contribution in [0.3, 0.4) is 0 Å². The highest BCUT2D eigenvalue weighted by Gasteiger charge is 2.38. The molecule has 0 aliphatic carbocycles. The summed E-state index contributed by atoms with van der Waals surface area (Å²) in [7, 11) is 0. The zero-order valence-electron chi connectivity index (χ0n) is 11.6. The third-order valence-electron chi connectivity index (χ3n) is 4.65. The minimum Gasteiger partial charge on any atom is -0.450 e. The predicted molar refractivity (Wildman–Crippen MR) is 84.3 cm³/mol. The Morgan fingerprint density at radius 1 is 1.38 bits per heavy atom. The molecule has 1 N–H and O–H groups in total. The fraction of sp³-hybridized carbons (Fsp3) is 0.438. The van der Waals surface area contributed by atoms with E-state index in [1.165, 1.54) is 6.42 Å². The molecule has 2 aromatic rings. The second-order valence-electron chi connectivity index (χ2n) is 5.90. The molecule has 5 heteroatoms. The van der Waals surface area contributed by atoms with E-state index in [0.717, 1.165) is 41.5 Å². The van der Waals surface area contributed by atoms with Crippen LogP contribution in [0.25, 0.3) is 11.0 Å². The van der Waals surface area contributed by atoms with Crippen LogP contribution in [0.5, 0.6) is 0 Å². The second-order valence-corrected chi connectivity index (χ2v) is 6.75. The average molecular weight is 349 g/mol. The van der Waals surface area contributed by atoms with Gasteiger partial charge in [-0.05, 0) is 46.8 Å². The Labute approximate surface area is 131 Å². The van der Waals surface area contributed by atoms with Gasteiger partial charge in [-0.3, -0.25) is 4.79 Å². The minimum absolute atomic E-state index is 0.0245. The lowest BCUT2D eigenvalue weighted by Gasteiger charge is -2.36. The number of halogens is 1. The fourth-order valence-electron chi connectivity index (χ4n) is 3.59. The zero-order chi connectivity index (χ0) is 14.4. The second kappa shape index (κ2) is 5.14. The number of carbonyl (C=O) groups is 1. The molecule has 0 saturated carbocycles. The normalized spacial score (nSPS) is 25.3. The number of rotatable bonds is 1. The number of benzene rings is 1. The molecule has 2 unspecified atom stereocenters. The van der Waals surface area contributed by atoms with Crippen molar-refractivity contribution < 1.29 is 9.21 Å². The summed E-state index contributed by atoms with van der Waals surface area (Å²) >= 11 is 3.47. The van der Waals surface area contributed by atoms with Gasteiger partial charge in [-0.15, -0.1) is 0 Å². The summed E-state index contributed by atoms with van der Waals surface area (Å²) in [4.78, 5) is 14.8. The predicted octanol–water partition coefficient (Wildman–Crippen LogP) is 3.02. The molecule has 0 radical (unpaired) electrons.